The second-order valence-corrected chi connectivity index (χ2v) is 6.95. The quantitative estimate of drug-likeness (QED) is 0.810. The monoisotopic (exact) mass is 342 g/mol. The number of carbonyl (C=O) groups is 1. The molecule has 134 valence electrons. The zero-order valence-corrected chi connectivity index (χ0v) is 15.1. The van der Waals surface area contributed by atoms with Crippen LogP contribution >= 0.6 is 0 Å². The van der Waals surface area contributed by atoms with Crippen LogP contribution in [0.15, 0.2) is 42.6 Å². The van der Waals surface area contributed by atoms with Crippen molar-refractivity contribution in [3.63, 3.8) is 0 Å². The lowest BCUT2D eigenvalue weighted by Gasteiger charge is -2.19. The Kier molecular flexibility index (Phi) is 6.53. The number of nitrogens with zero attached hydrogens (tertiary/aromatic N) is 1. The number of carbonyl (C=O) groups excluding carboxylic acids is 1. The van der Waals surface area contributed by atoms with Crippen molar-refractivity contribution >= 4 is 11.6 Å². The molecule has 0 unspecified atom stereocenters. The number of nitrogens with one attached hydrogen (secondary N) is 1. The van der Waals surface area contributed by atoms with E-state index in [4.69, 9.17) is 9.84 Å². The number of hydrogen-bond donors (Lipinski definition) is 2. The Balaban J connectivity index is 1.82. The molecule has 0 spiro atoms. The maximum absolute atomic E-state index is 12.1. The van der Waals surface area contributed by atoms with Gasteiger partial charge >= 0.3 is 0 Å². The highest BCUT2D eigenvalue weighted by Crippen LogP contribution is 2.22. The molecule has 2 rings (SSSR count). The molecule has 0 aliphatic carbocycles. The van der Waals surface area contributed by atoms with Crippen molar-refractivity contribution in [2.75, 3.05) is 18.5 Å². The van der Waals surface area contributed by atoms with Gasteiger partial charge in [-0.25, -0.2) is 4.98 Å². The summed E-state index contributed by atoms with van der Waals surface area (Å²) in [5.74, 6) is 0.372. The summed E-state index contributed by atoms with van der Waals surface area (Å²) in [6, 6.07) is 11.8. The second-order valence-electron chi connectivity index (χ2n) is 6.95. The van der Waals surface area contributed by atoms with E-state index in [-0.39, 0.29) is 24.5 Å². The number of ether oxygens (including phenoxy) is 1. The first-order valence-corrected chi connectivity index (χ1v) is 8.47. The van der Waals surface area contributed by atoms with Gasteiger partial charge in [-0.2, -0.15) is 0 Å². The molecule has 0 fully saturated rings. The SMILES string of the molecule is CC(C)(C)c1ccc(CCC(=O)Nc2ccc(OCCO)nc2)cc1. The van der Waals surface area contributed by atoms with E-state index in [9.17, 15) is 4.79 Å². The third-order valence-corrected chi connectivity index (χ3v) is 3.82. The summed E-state index contributed by atoms with van der Waals surface area (Å²) in [7, 11) is 0. The Morgan fingerprint density at radius 1 is 1.16 bits per heavy atom. The molecule has 2 N–H and O–H groups in total. The van der Waals surface area contributed by atoms with E-state index in [1.165, 1.54) is 5.56 Å². The molecule has 0 radical (unpaired) electrons. The molecule has 1 aromatic heterocycles. The van der Waals surface area contributed by atoms with Gasteiger partial charge in [-0.05, 0) is 29.0 Å². The van der Waals surface area contributed by atoms with E-state index in [1.807, 2.05) is 0 Å². The average molecular weight is 342 g/mol. The Morgan fingerprint density at radius 2 is 1.88 bits per heavy atom. The fourth-order valence-corrected chi connectivity index (χ4v) is 2.34. The lowest BCUT2D eigenvalue weighted by Crippen LogP contribution is -2.13. The highest BCUT2D eigenvalue weighted by molar-refractivity contribution is 5.90. The predicted molar refractivity (Wildman–Crippen MR) is 98.9 cm³/mol. The summed E-state index contributed by atoms with van der Waals surface area (Å²) < 4.78 is 5.18. The fraction of sp³-hybridized carbons (Fsp3) is 0.400. The van der Waals surface area contributed by atoms with Crippen LogP contribution in [0.25, 0.3) is 0 Å². The lowest BCUT2D eigenvalue weighted by molar-refractivity contribution is -0.116. The van der Waals surface area contributed by atoms with Gasteiger partial charge in [0.2, 0.25) is 11.8 Å². The van der Waals surface area contributed by atoms with Crippen molar-refractivity contribution in [2.24, 2.45) is 0 Å². The van der Waals surface area contributed by atoms with Gasteiger partial charge in [0.15, 0.2) is 0 Å². The van der Waals surface area contributed by atoms with Crippen LogP contribution < -0.4 is 10.1 Å². The Hall–Kier alpha value is -2.40. The molecule has 5 nitrogen and oxygen atoms in total. The van der Waals surface area contributed by atoms with Crippen LogP contribution in [0.1, 0.15) is 38.3 Å². The first-order chi connectivity index (χ1) is 11.9. The van der Waals surface area contributed by atoms with Gasteiger partial charge in [-0.15, -0.1) is 0 Å². The highest BCUT2D eigenvalue weighted by Gasteiger charge is 2.13. The summed E-state index contributed by atoms with van der Waals surface area (Å²) in [6.07, 6.45) is 2.65. The number of amides is 1. The second kappa shape index (κ2) is 8.62. The molecule has 0 atom stereocenters. The van der Waals surface area contributed by atoms with Crippen LogP contribution in [0.4, 0.5) is 5.69 Å². The topological polar surface area (TPSA) is 71.5 Å². The minimum atomic E-state index is -0.0586. The number of anilines is 1. The largest absolute Gasteiger partial charge is 0.475 e. The molecule has 0 aliphatic heterocycles. The average Bonchev–Trinajstić information content (AvgIpc) is 2.59. The van der Waals surface area contributed by atoms with E-state index in [0.717, 1.165) is 5.56 Å². The molecular weight excluding hydrogens is 316 g/mol. The molecule has 1 heterocycles. The van der Waals surface area contributed by atoms with Crippen LogP contribution in [0.3, 0.4) is 0 Å². The zero-order valence-electron chi connectivity index (χ0n) is 15.1. The minimum absolute atomic E-state index is 0.0503. The summed E-state index contributed by atoms with van der Waals surface area (Å²) >= 11 is 0. The number of hydrogen-bond acceptors (Lipinski definition) is 4. The van der Waals surface area contributed by atoms with Crippen molar-refractivity contribution < 1.29 is 14.6 Å². The van der Waals surface area contributed by atoms with Gasteiger partial charge in [0.05, 0.1) is 18.5 Å². The van der Waals surface area contributed by atoms with Gasteiger partial charge in [0.25, 0.3) is 0 Å². The lowest BCUT2D eigenvalue weighted by atomic mass is 9.86. The van der Waals surface area contributed by atoms with E-state index >= 15 is 0 Å². The summed E-state index contributed by atoms with van der Waals surface area (Å²) in [5, 5.41) is 11.5. The molecule has 1 aromatic carbocycles. The number of aliphatic hydroxyl groups is 1. The number of aryl methyl sites for hydroxylation is 1. The predicted octanol–water partition coefficient (Wildman–Crippen LogP) is 3.32. The number of aromatic nitrogens is 1. The fourth-order valence-electron chi connectivity index (χ4n) is 2.34. The van der Waals surface area contributed by atoms with Crippen molar-refractivity contribution in [1.29, 1.82) is 0 Å². The normalized spacial score (nSPS) is 11.2. The summed E-state index contributed by atoms with van der Waals surface area (Å²) in [4.78, 5) is 16.1. The Labute approximate surface area is 149 Å². The smallest absolute Gasteiger partial charge is 0.224 e. The van der Waals surface area contributed by atoms with Crippen molar-refractivity contribution in [2.45, 2.75) is 39.0 Å². The molecule has 0 bridgehead atoms. The molecule has 1 amide bonds. The molecule has 5 heteroatoms. The number of benzene rings is 1. The third-order valence-electron chi connectivity index (χ3n) is 3.82. The minimum Gasteiger partial charge on any atom is -0.475 e. The van der Waals surface area contributed by atoms with Gasteiger partial charge in [0, 0.05) is 12.5 Å². The van der Waals surface area contributed by atoms with Crippen molar-refractivity contribution in [3.05, 3.63) is 53.7 Å². The van der Waals surface area contributed by atoms with Gasteiger partial charge in [-0.1, -0.05) is 45.0 Å². The van der Waals surface area contributed by atoms with Crippen LogP contribution in [-0.2, 0) is 16.6 Å². The van der Waals surface area contributed by atoms with Crippen LogP contribution in [0.2, 0.25) is 0 Å². The Morgan fingerprint density at radius 3 is 2.44 bits per heavy atom. The van der Waals surface area contributed by atoms with Gasteiger partial charge in [-0.3, -0.25) is 4.79 Å². The van der Waals surface area contributed by atoms with E-state index in [2.05, 4.69) is 55.3 Å². The van der Waals surface area contributed by atoms with Crippen LogP contribution in [-0.4, -0.2) is 29.2 Å². The van der Waals surface area contributed by atoms with Crippen LogP contribution in [0, 0.1) is 0 Å². The van der Waals surface area contributed by atoms with Gasteiger partial charge in [0.1, 0.15) is 6.61 Å². The van der Waals surface area contributed by atoms with Gasteiger partial charge < -0.3 is 15.2 Å². The van der Waals surface area contributed by atoms with Crippen molar-refractivity contribution in [3.8, 4) is 5.88 Å². The maximum atomic E-state index is 12.1. The first kappa shape index (κ1) is 18.9. The van der Waals surface area contributed by atoms with Crippen LogP contribution in [0.5, 0.6) is 5.88 Å². The number of pyridine rings is 1. The highest BCUT2D eigenvalue weighted by atomic mass is 16.5. The molecule has 0 aliphatic rings. The third kappa shape index (κ3) is 6.19. The molecule has 0 saturated carbocycles. The van der Waals surface area contributed by atoms with E-state index in [0.29, 0.717) is 24.4 Å². The van der Waals surface area contributed by atoms with Crippen molar-refractivity contribution in [1.82, 2.24) is 4.98 Å². The molecule has 2 aromatic rings. The van der Waals surface area contributed by atoms with E-state index < -0.39 is 0 Å². The first-order valence-electron chi connectivity index (χ1n) is 8.47. The maximum Gasteiger partial charge on any atom is 0.224 e. The molecule has 0 saturated heterocycles. The van der Waals surface area contributed by atoms with E-state index in [1.54, 1.807) is 18.3 Å². The summed E-state index contributed by atoms with van der Waals surface area (Å²) in [5.41, 5.74) is 3.20. The number of rotatable bonds is 7. The number of aliphatic hydroxyl groups excluding tert-OH is 1. The molecule has 25 heavy (non-hydrogen) atoms. The molecular formula is C20H26N2O3. The standard InChI is InChI=1S/C20H26N2O3/c1-20(2,3)16-7-4-15(5-8-16)6-10-18(24)22-17-9-11-19(21-14-17)25-13-12-23/h4-5,7-9,11,14,23H,6,10,12-13H2,1-3H3,(H,22,24). The summed E-state index contributed by atoms with van der Waals surface area (Å²) in [6.45, 7) is 6.69. The zero-order chi connectivity index (χ0) is 18.3. The Bertz CT molecular complexity index is 674.